The van der Waals surface area contributed by atoms with Crippen LogP contribution < -0.4 is 5.73 Å². The number of hydrogen-bond acceptors (Lipinski definition) is 3. The molecular weight excluding hydrogens is 239 g/mol. The molecule has 0 aliphatic rings. The summed E-state index contributed by atoms with van der Waals surface area (Å²) in [7, 11) is 0. The number of carboxylic acid groups (broad SMARTS) is 1. The van der Waals surface area contributed by atoms with Crippen LogP contribution in [0.3, 0.4) is 0 Å². The first-order valence-corrected chi connectivity index (χ1v) is 4.56. The van der Waals surface area contributed by atoms with Gasteiger partial charge in [-0.05, 0) is 5.56 Å². The van der Waals surface area contributed by atoms with Gasteiger partial charge in [0.2, 0.25) is 5.72 Å². The molecule has 0 unspecified atom stereocenters. The summed E-state index contributed by atoms with van der Waals surface area (Å²) in [5.41, 5.74) is 2.63. The first kappa shape index (κ1) is 13.5. The van der Waals surface area contributed by atoms with Crippen LogP contribution in [0.4, 0.5) is 13.2 Å². The Balaban J connectivity index is 2.90. The molecule has 4 nitrogen and oxygen atoms in total. The number of aliphatic carboxylic acids is 1. The molecule has 7 heteroatoms. The van der Waals surface area contributed by atoms with Crippen molar-refractivity contribution in [1.82, 2.24) is 0 Å². The average molecular weight is 249 g/mol. The van der Waals surface area contributed by atoms with E-state index in [1.54, 1.807) is 18.2 Å². The molecule has 0 saturated heterocycles. The highest BCUT2D eigenvalue weighted by molar-refractivity contribution is 5.77. The predicted molar refractivity (Wildman–Crippen MR) is 51.8 cm³/mol. The van der Waals surface area contributed by atoms with Crippen LogP contribution in [0.1, 0.15) is 5.56 Å². The summed E-state index contributed by atoms with van der Waals surface area (Å²) in [6, 6.07) is 7.69. The maximum absolute atomic E-state index is 12.0. The molecule has 17 heavy (non-hydrogen) atoms. The van der Waals surface area contributed by atoms with Gasteiger partial charge in [0.1, 0.15) is 0 Å². The highest BCUT2D eigenvalue weighted by Gasteiger charge is 2.46. The highest BCUT2D eigenvalue weighted by Crippen LogP contribution is 2.25. The van der Waals surface area contributed by atoms with Gasteiger partial charge in [0.25, 0.3) is 0 Å². The van der Waals surface area contributed by atoms with E-state index < -0.39 is 24.5 Å². The van der Waals surface area contributed by atoms with Crippen LogP contribution in [0.25, 0.3) is 0 Å². The Hall–Kier alpha value is -1.60. The Labute approximate surface area is 94.8 Å². The second kappa shape index (κ2) is 4.72. The number of carbonyl (C=O) groups is 1. The van der Waals surface area contributed by atoms with Crippen LogP contribution >= 0.6 is 0 Å². The average Bonchev–Trinajstić information content (AvgIpc) is 2.15. The molecule has 94 valence electrons. The van der Waals surface area contributed by atoms with Crippen LogP contribution in [0.2, 0.25) is 0 Å². The highest BCUT2D eigenvalue weighted by atomic mass is 19.4. The van der Waals surface area contributed by atoms with Crippen molar-refractivity contribution in [3.05, 3.63) is 35.9 Å². The molecule has 3 N–H and O–H groups in total. The summed E-state index contributed by atoms with van der Waals surface area (Å²) in [6.07, 6.45) is -5.69. The van der Waals surface area contributed by atoms with Crippen molar-refractivity contribution < 1.29 is 27.8 Å². The van der Waals surface area contributed by atoms with E-state index in [1.165, 1.54) is 12.1 Å². The first-order chi connectivity index (χ1) is 7.73. The molecule has 1 rings (SSSR count). The Morgan fingerprint density at radius 3 is 2.24 bits per heavy atom. The lowest BCUT2D eigenvalue weighted by atomic mass is 10.0. The molecule has 0 saturated carbocycles. The topological polar surface area (TPSA) is 72.5 Å². The number of benzene rings is 1. The maximum Gasteiger partial charge on any atom is 0.524 e. The van der Waals surface area contributed by atoms with Gasteiger partial charge < -0.3 is 5.11 Å². The number of nitrogens with two attached hydrogens (primary N) is 1. The summed E-state index contributed by atoms with van der Waals surface area (Å²) in [4.78, 5) is 10.8. The molecule has 0 aliphatic heterocycles. The monoisotopic (exact) mass is 249 g/mol. The minimum absolute atomic E-state index is 0.335. The molecule has 0 aromatic heterocycles. The van der Waals surface area contributed by atoms with Crippen LogP contribution in [-0.2, 0) is 16.0 Å². The van der Waals surface area contributed by atoms with Gasteiger partial charge in [-0.2, -0.15) is 0 Å². The smallest absolute Gasteiger partial charge is 0.478 e. The van der Waals surface area contributed by atoms with Gasteiger partial charge in [-0.25, -0.2) is 4.79 Å². The minimum Gasteiger partial charge on any atom is -0.478 e. The zero-order chi connectivity index (χ0) is 13.1. The zero-order valence-electron chi connectivity index (χ0n) is 8.57. The number of ether oxygens (including phenoxy) is 1. The Morgan fingerprint density at radius 2 is 1.82 bits per heavy atom. The molecule has 0 amide bonds. The van der Waals surface area contributed by atoms with Crippen molar-refractivity contribution in [1.29, 1.82) is 0 Å². The molecular formula is C10H10F3NO3. The second-order valence-corrected chi connectivity index (χ2v) is 3.40. The van der Waals surface area contributed by atoms with Crippen molar-refractivity contribution in [2.24, 2.45) is 5.73 Å². The predicted octanol–water partition coefficient (Wildman–Crippen LogP) is 1.51. The van der Waals surface area contributed by atoms with Gasteiger partial charge >= 0.3 is 12.3 Å². The van der Waals surface area contributed by atoms with Crippen molar-refractivity contribution in [2.75, 3.05) is 0 Å². The summed E-state index contributed by atoms with van der Waals surface area (Å²) in [5.74, 6) is -1.88. The van der Waals surface area contributed by atoms with Gasteiger partial charge in [0.05, 0.1) is 0 Å². The lowest BCUT2D eigenvalue weighted by Gasteiger charge is -2.25. The van der Waals surface area contributed by atoms with E-state index in [1.807, 2.05) is 0 Å². The first-order valence-electron chi connectivity index (χ1n) is 4.56. The summed E-state index contributed by atoms with van der Waals surface area (Å²) in [6.45, 7) is 0. The van der Waals surface area contributed by atoms with Gasteiger partial charge in [0.15, 0.2) is 0 Å². The fraction of sp³-hybridized carbons (Fsp3) is 0.300. The van der Waals surface area contributed by atoms with Crippen molar-refractivity contribution in [3.8, 4) is 0 Å². The zero-order valence-corrected chi connectivity index (χ0v) is 8.57. The van der Waals surface area contributed by atoms with E-state index in [-0.39, 0.29) is 0 Å². The van der Waals surface area contributed by atoms with E-state index in [0.717, 1.165) is 0 Å². The third-order valence-corrected chi connectivity index (χ3v) is 1.97. The fourth-order valence-corrected chi connectivity index (χ4v) is 1.26. The molecule has 1 aromatic carbocycles. The minimum atomic E-state index is -5.11. The quantitative estimate of drug-likeness (QED) is 0.793. The molecule has 0 heterocycles. The van der Waals surface area contributed by atoms with E-state index in [0.29, 0.717) is 5.56 Å². The van der Waals surface area contributed by atoms with Crippen LogP contribution in [-0.4, -0.2) is 23.2 Å². The second-order valence-electron chi connectivity index (χ2n) is 3.40. The van der Waals surface area contributed by atoms with Crippen LogP contribution in [0, 0.1) is 0 Å². The van der Waals surface area contributed by atoms with Crippen molar-refractivity contribution in [2.45, 2.75) is 18.5 Å². The lowest BCUT2D eigenvalue weighted by Crippen LogP contribution is -2.55. The standard InChI is InChI=1S/C10H10F3NO3/c11-10(12,13)17-9(14,8(15)16)6-7-4-2-1-3-5-7/h1-5H,6,14H2,(H,15,16)/t9-/m1/s1. The third kappa shape index (κ3) is 4.04. The van der Waals surface area contributed by atoms with E-state index in [9.17, 15) is 18.0 Å². The number of carboxylic acids is 1. The molecule has 1 atom stereocenters. The van der Waals surface area contributed by atoms with Crippen LogP contribution in [0.15, 0.2) is 30.3 Å². The Bertz CT molecular complexity index is 394. The number of alkyl halides is 3. The third-order valence-electron chi connectivity index (χ3n) is 1.97. The van der Waals surface area contributed by atoms with Gasteiger partial charge in [0, 0.05) is 6.42 Å². The number of rotatable bonds is 4. The largest absolute Gasteiger partial charge is 0.524 e. The number of halogens is 3. The normalized spacial score (nSPS) is 15.3. The maximum atomic E-state index is 12.0. The van der Waals surface area contributed by atoms with Crippen LogP contribution in [0.5, 0.6) is 0 Å². The molecule has 0 aliphatic carbocycles. The summed E-state index contributed by atoms with van der Waals surface area (Å²) < 4.78 is 39.6. The lowest BCUT2D eigenvalue weighted by molar-refractivity contribution is -0.361. The number of hydrogen-bond donors (Lipinski definition) is 2. The Kier molecular flexibility index (Phi) is 3.74. The fourth-order valence-electron chi connectivity index (χ4n) is 1.26. The Morgan fingerprint density at radius 1 is 1.29 bits per heavy atom. The SMILES string of the molecule is N[C@](Cc1ccccc1)(OC(F)(F)F)C(=O)O. The molecule has 1 aromatic rings. The summed E-state index contributed by atoms with van der Waals surface area (Å²) >= 11 is 0. The van der Waals surface area contributed by atoms with E-state index in [4.69, 9.17) is 10.8 Å². The van der Waals surface area contributed by atoms with Gasteiger partial charge in [-0.1, -0.05) is 30.3 Å². The van der Waals surface area contributed by atoms with Gasteiger partial charge in [-0.3, -0.25) is 10.5 Å². The van der Waals surface area contributed by atoms with E-state index in [2.05, 4.69) is 4.74 Å². The molecule has 0 radical (unpaired) electrons. The molecule has 0 bridgehead atoms. The van der Waals surface area contributed by atoms with Gasteiger partial charge in [-0.15, -0.1) is 13.2 Å². The molecule has 0 spiro atoms. The summed E-state index contributed by atoms with van der Waals surface area (Å²) in [5, 5.41) is 8.71. The molecule has 0 fully saturated rings. The van der Waals surface area contributed by atoms with E-state index >= 15 is 0 Å². The van der Waals surface area contributed by atoms with Crippen molar-refractivity contribution in [3.63, 3.8) is 0 Å². The van der Waals surface area contributed by atoms with Crippen molar-refractivity contribution >= 4 is 5.97 Å².